The molecule has 0 saturated heterocycles. The predicted octanol–water partition coefficient (Wildman–Crippen LogP) is 5.25. The van der Waals surface area contributed by atoms with Crippen LogP contribution in [-0.2, 0) is 11.3 Å². The maximum absolute atomic E-state index is 12.3. The van der Waals surface area contributed by atoms with Gasteiger partial charge in [0.25, 0.3) is 0 Å². The second-order valence-electron chi connectivity index (χ2n) is 5.91. The molecule has 0 atom stereocenters. The van der Waals surface area contributed by atoms with Crippen LogP contribution in [0.5, 0.6) is 0 Å². The molecule has 0 saturated carbocycles. The number of ether oxygens (including phenoxy) is 1. The first-order valence-corrected chi connectivity index (χ1v) is 7.71. The van der Waals surface area contributed by atoms with Gasteiger partial charge in [-0.15, -0.1) is 0 Å². The van der Waals surface area contributed by atoms with Crippen LogP contribution in [0.4, 0.5) is 4.79 Å². The zero-order chi connectivity index (χ0) is 15.5. The standard InChI is InChI=1S/C15H21BrClNO2/c1-10(2)18(14(19)20-15(3,4)5)9-11-7-6-8-12(17)13(11)16/h6-8,10H,9H2,1-5H3. The Morgan fingerprint density at radius 3 is 2.50 bits per heavy atom. The molecule has 20 heavy (non-hydrogen) atoms. The Morgan fingerprint density at radius 1 is 1.40 bits per heavy atom. The molecule has 5 heteroatoms. The van der Waals surface area contributed by atoms with Gasteiger partial charge < -0.3 is 9.64 Å². The Kier molecular flexibility index (Phi) is 5.90. The molecule has 0 N–H and O–H groups in total. The van der Waals surface area contributed by atoms with E-state index in [2.05, 4.69) is 15.9 Å². The first kappa shape index (κ1) is 17.3. The average molecular weight is 363 g/mol. The van der Waals surface area contributed by atoms with Gasteiger partial charge in [-0.2, -0.15) is 0 Å². The molecule has 0 unspecified atom stereocenters. The molecule has 0 heterocycles. The summed E-state index contributed by atoms with van der Waals surface area (Å²) in [4.78, 5) is 13.9. The first-order valence-electron chi connectivity index (χ1n) is 6.54. The Bertz CT molecular complexity index is 483. The lowest BCUT2D eigenvalue weighted by Crippen LogP contribution is -2.40. The lowest BCUT2D eigenvalue weighted by molar-refractivity contribution is 0.0171. The fourth-order valence-corrected chi connectivity index (χ4v) is 2.22. The molecule has 0 radical (unpaired) electrons. The van der Waals surface area contributed by atoms with Crippen molar-refractivity contribution in [1.82, 2.24) is 4.90 Å². The minimum atomic E-state index is -0.504. The minimum absolute atomic E-state index is 0.0377. The van der Waals surface area contributed by atoms with E-state index in [0.717, 1.165) is 10.0 Å². The highest BCUT2D eigenvalue weighted by molar-refractivity contribution is 9.10. The van der Waals surface area contributed by atoms with Crippen LogP contribution < -0.4 is 0 Å². The third-order valence-electron chi connectivity index (χ3n) is 2.62. The molecule has 3 nitrogen and oxygen atoms in total. The number of carbonyl (C=O) groups excluding carboxylic acids is 1. The van der Waals surface area contributed by atoms with Gasteiger partial charge in [0.05, 0.1) is 11.6 Å². The van der Waals surface area contributed by atoms with Gasteiger partial charge in [0, 0.05) is 10.5 Å². The van der Waals surface area contributed by atoms with E-state index in [0.29, 0.717) is 11.6 Å². The van der Waals surface area contributed by atoms with Crippen LogP contribution in [0.2, 0.25) is 5.02 Å². The van der Waals surface area contributed by atoms with E-state index >= 15 is 0 Å². The summed E-state index contributed by atoms with van der Waals surface area (Å²) in [7, 11) is 0. The molecule has 0 bridgehead atoms. The summed E-state index contributed by atoms with van der Waals surface area (Å²) in [6, 6.07) is 5.66. The van der Waals surface area contributed by atoms with Gasteiger partial charge in [-0.05, 0) is 62.2 Å². The number of hydrogen-bond donors (Lipinski definition) is 0. The molecule has 1 amide bonds. The summed E-state index contributed by atoms with van der Waals surface area (Å²) >= 11 is 9.54. The van der Waals surface area contributed by atoms with Crippen LogP contribution >= 0.6 is 27.5 Å². The van der Waals surface area contributed by atoms with Crippen molar-refractivity contribution < 1.29 is 9.53 Å². The Morgan fingerprint density at radius 2 is 2.00 bits per heavy atom. The molecule has 0 aromatic heterocycles. The maximum atomic E-state index is 12.3. The first-order chi connectivity index (χ1) is 9.11. The van der Waals surface area contributed by atoms with Gasteiger partial charge in [-0.3, -0.25) is 0 Å². The van der Waals surface area contributed by atoms with E-state index in [9.17, 15) is 4.79 Å². The summed E-state index contributed by atoms with van der Waals surface area (Å²) in [5.41, 5.74) is 0.451. The molecular weight excluding hydrogens is 342 g/mol. The van der Waals surface area contributed by atoms with E-state index in [1.165, 1.54) is 0 Å². The second-order valence-corrected chi connectivity index (χ2v) is 7.12. The van der Waals surface area contributed by atoms with Crippen LogP contribution in [-0.4, -0.2) is 22.6 Å². The Balaban J connectivity index is 2.93. The molecule has 112 valence electrons. The molecule has 0 aliphatic rings. The van der Waals surface area contributed by atoms with E-state index in [4.69, 9.17) is 16.3 Å². The summed E-state index contributed by atoms with van der Waals surface area (Å²) in [5, 5.41) is 0.635. The molecular formula is C15H21BrClNO2. The highest BCUT2D eigenvalue weighted by Crippen LogP contribution is 2.28. The highest BCUT2D eigenvalue weighted by atomic mass is 79.9. The van der Waals surface area contributed by atoms with Crippen molar-refractivity contribution in [2.75, 3.05) is 0 Å². The van der Waals surface area contributed by atoms with E-state index in [1.807, 2.05) is 52.8 Å². The van der Waals surface area contributed by atoms with Crippen molar-refractivity contribution in [3.8, 4) is 0 Å². The number of halogens is 2. The van der Waals surface area contributed by atoms with Crippen LogP contribution in [0.15, 0.2) is 22.7 Å². The molecule has 1 aromatic carbocycles. The van der Waals surface area contributed by atoms with Crippen LogP contribution in [0.25, 0.3) is 0 Å². The summed E-state index contributed by atoms with van der Waals surface area (Å²) in [5.74, 6) is 0. The normalized spacial score (nSPS) is 11.6. The van der Waals surface area contributed by atoms with Gasteiger partial charge in [0.2, 0.25) is 0 Å². The molecule has 0 aliphatic carbocycles. The topological polar surface area (TPSA) is 29.5 Å². The van der Waals surface area contributed by atoms with Gasteiger partial charge in [-0.25, -0.2) is 4.79 Å². The van der Waals surface area contributed by atoms with Crippen LogP contribution in [0.1, 0.15) is 40.2 Å². The molecule has 0 fully saturated rings. The van der Waals surface area contributed by atoms with Crippen molar-refractivity contribution >= 4 is 33.6 Å². The van der Waals surface area contributed by atoms with Gasteiger partial charge in [-0.1, -0.05) is 23.7 Å². The van der Waals surface area contributed by atoms with E-state index < -0.39 is 5.60 Å². The fraction of sp³-hybridized carbons (Fsp3) is 0.533. The Hall–Kier alpha value is -0.740. The lowest BCUT2D eigenvalue weighted by Gasteiger charge is -2.30. The number of carbonyl (C=O) groups is 1. The number of rotatable bonds is 3. The van der Waals surface area contributed by atoms with Crippen molar-refractivity contribution in [3.05, 3.63) is 33.3 Å². The van der Waals surface area contributed by atoms with Crippen molar-refractivity contribution in [2.24, 2.45) is 0 Å². The predicted molar refractivity (Wildman–Crippen MR) is 86.1 cm³/mol. The zero-order valence-electron chi connectivity index (χ0n) is 12.5. The number of nitrogens with zero attached hydrogens (tertiary/aromatic N) is 1. The number of hydrogen-bond acceptors (Lipinski definition) is 2. The maximum Gasteiger partial charge on any atom is 0.410 e. The monoisotopic (exact) mass is 361 g/mol. The Labute approximate surface area is 134 Å². The van der Waals surface area contributed by atoms with Crippen molar-refractivity contribution in [1.29, 1.82) is 0 Å². The summed E-state index contributed by atoms with van der Waals surface area (Å²) in [6.45, 7) is 9.95. The summed E-state index contributed by atoms with van der Waals surface area (Å²) in [6.07, 6.45) is -0.320. The average Bonchev–Trinajstić information content (AvgIpc) is 2.28. The van der Waals surface area contributed by atoms with E-state index in [1.54, 1.807) is 4.90 Å². The zero-order valence-corrected chi connectivity index (χ0v) is 14.9. The minimum Gasteiger partial charge on any atom is -0.444 e. The lowest BCUT2D eigenvalue weighted by atomic mass is 10.2. The molecule has 0 aliphatic heterocycles. The van der Waals surface area contributed by atoms with Crippen molar-refractivity contribution in [3.63, 3.8) is 0 Å². The largest absolute Gasteiger partial charge is 0.444 e. The van der Waals surface area contributed by atoms with Gasteiger partial charge in [0.1, 0.15) is 5.60 Å². The summed E-state index contributed by atoms with van der Waals surface area (Å²) < 4.78 is 6.26. The fourth-order valence-electron chi connectivity index (χ4n) is 1.63. The van der Waals surface area contributed by atoms with Gasteiger partial charge >= 0.3 is 6.09 Å². The van der Waals surface area contributed by atoms with Gasteiger partial charge in [0.15, 0.2) is 0 Å². The number of amides is 1. The second kappa shape index (κ2) is 6.81. The third-order valence-corrected chi connectivity index (χ3v) is 4.10. The van der Waals surface area contributed by atoms with Crippen LogP contribution in [0, 0.1) is 0 Å². The SMILES string of the molecule is CC(C)N(Cc1cccc(Cl)c1Br)C(=O)OC(C)(C)C. The number of benzene rings is 1. The quantitative estimate of drug-likeness (QED) is 0.735. The smallest absolute Gasteiger partial charge is 0.410 e. The van der Waals surface area contributed by atoms with Crippen LogP contribution in [0.3, 0.4) is 0 Å². The highest BCUT2D eigenvalue weighted by Gasteiger charge is 2.24. The molecule has 1 aromatic rings. The van der Waals surface area contributed by atoms with E-state index in [-0.39, 0.29) is 12.1 Å². The molecule has 0 spiro atoms. The molecule has 1 rings (SSSR count). The van der Waals surface area contributed by atoms with Crippen molar-refractivity contribution in [2.45, 2.75) is 52.8 Å². The third kappa shape index (κ3) is 4.98.